The summed E-state index contributed by atoms with van der Waals surface area (Å²) in [6.07, 6.45) is 0.739. The van der Waals surface area contributed by atoms with Crippen molar-refractivity contribution in [3.63, 3.8) is 0 Å². The van der Waals surface area contributed by atoms with E-state index in [1.165, 1.54) is 12.1 Å². The first kappa shape index (κ1) is 16.5. The summed E-state index contributed by atoms with van der Waals surface area (Å²) in [5, 5.41) is 14.0. The highest BCUT2D eigenvalue weighted by Crippen LogP contribution is 2.18. The summed E-state index contributed by atoms with van der Waals surface area (Å²) in [6.45, 7) is 3.46. The monoisotopic (exact) mass is 294 g/mol. The Morgan fingerprint density at radius 1 is 1.29 bits per heavy atom. The summed E-state index contributed by atoms with van der Waals surface area (Å²) in [5.41, 5.74) is 0.737. The van der Waals surface area contributed by atoms with Gasteiger partial charge in [-0.1, -0.05) is 18.6 Å². The van der Waals surface area contributed by atoms with E-state index in [0.717, 1.165) is 12.0 Å². The van der Waals surface area contributed by atoms with Crippen LogP contribution in [-0.4, -0.2) is 36.2 Å². The van der Waals surface area contributed by atoms with Crippen molar-refractivity contribution in [1.29, 1.82) is 0 Å². The van der Waals surface area contributed by atoms with E-state index >= 15 is 0 Å². The van der Waals surface area contributed by atoms with Gasteiger partial charge in [0.25, 0.3) is 5.91 Å². The minimum Gasteiger partial charge on any atom is -0.507 e. The lowest BCUT2D eigenvalue weighted by Crippen LogP contribution is -2.41. The molecule has 1 aromatic carbocycles. The molecule has 0 aliphatic carbocycles. The molecule has 1 rings (SSSR count). The van der Waals surface area contributed by atoms with Gasteiger partial charge >= 0.3 is 12.0 Å². The lowest BCUT2D eigenvalue weighted by Gasteiger charge is -2.08. The van der Waals surface area contributed by atoms with Crippen LogP contribution in [0.2, 0.25) is 0 Å². The van der Waals surface area contributed by atoms with Gasteiger partial charge in [-0.2, -0.15) is 0 Å². The maximum Gasteiger partial charge on any atom is 0.342 e. The van der Waals surface area contributed by atoms with Crippen molar-refractivity contribution in [2.45, 2.75) is 20.3 Å². The highest BCUT2D eigenvalue weighted by Gasteiger charge is 2.15. The highest BCUT2D eigenvalue weighted by atomic mass is 16.5. The van der Waals surface area contributed by atoms with E-state index in [2.05, 4.69) is 5.32 Å². The Morgan fingerprint density at radius 3 is 2.67 bits per heavy atom. The molecule has 21 heavy (non-hydrogen) atoms. The molecule has 0 heterocycles. The van der Waals surface area contributed by atoms with Crippen LogP contribution in [0.1, 0.15) is 29.3 Å². The van der Waals surface area contributed by atoms with Crippen LogP contribution in [0, 0.1) is 6.92 Å². The van der Waals surface area contributed by atoms with Crippen LogP contribution in [0.4, 0.5) is 4.79 Å². The van der Waals surface area contributed by atoms with Crippen molar-refractivity contribution in [2.24, 2.45) is 0 Å². The number of phenolic OH excluding ortho intramolecular Hbond substituents is 1. The average Bonchev–Trinajstić information content (AvgIpc) is 2.45. The number of carbonyl (C=O) groups is 3. The van der Waals surface area contributed by atoms with Crippen LogP contribution in [0.15, 0.2) is 18.2 Å². The Hall–Kier alpha value is -2.57. The lowest BCUT2D eigenvalue weighted by molar-refractivity contribution is -0.123. The smallest absolute Gasteiger partial charge is 0.342 e. The zero-order chi connectivity index (χ0) is 15.8. The number of ether oxygens (including phenoxy) is 1. The number of hydrogen-bond acceptors (Lipinski definition) is 5. The van der Waals surface area contributed by atoms with Crippen molar-refractivity contribution in [3.8, 4) is 5.75 Å². The van der Waals surface area contributed by atoms with Crippen LogP contribution in [0.3, 0.4) is 0 Å². The van der Waals surface area contributed by atoms with Gasteiger partial charge in [-0.05, 0) is 25.5 Å². The van der Waals surface area contributed by atoms with Gasteiger partial charge in [0.2, 0.25) is 0 Å². The first-order chi connectivity index (χ1) is 9.93. The standard InChI is InChI=1S/C14H18N2O5/c1-3-6-15-14(20)16-12(18)8-21-13(19)10-7-9(2)4-5-11(10)17/h4-5,7,17H,3,6,8H2,1-2H3,(H2,15,16,18,20). The van der Waals surface area contributed by atoms with E-state index in [1.54, 1.807) is 13.0 Å². The molecular formula is C14H18N2O5. The summed E-state index contributed by atoms with van der Waals surface area (Å²) < 4.78 is 4.74. The van der Waals surface area contributed by atoms with Crippen LogP contribution < -0.4 is 10.6 Å². The number of esters is 1. The second-order valence-corrected chi connectivity index (χ2v) is 4.40. The van der Waals surface area contributed by atoms with E-state index in [9.17, 15) is 19.5 Å². The largest absolute Gasteiger partial charge is 0.507 e. The normalized spacial score (nSPS) is 9.81. The molecular weight excluding hydrogens is 276 g/mol. The van der Waals surface area contributed by atoms with Gasteiger partial charge in [0, 0.05) is 6.54 Å². The number of hydrogen-bond donors (Lipinski definition) is 3. The zero-order valence-corrected chi connectivity index (χ0v) is 11.9. The van der Waals surface area contributed by atoms with Gasteiger partial charge < -0.3 is 15.2 Å². The maximum atomic E-state index is 11.7. The minimum absolute atomic E-state index is 0.0294. The summed E-state index contributed by atoms with van der Waals surface area (Å²) in [7, 11) is 0. The van der Waals surface area contributed by atoms with Crippen LogP contribution >= 0.6 is 0 Å². The molecule has 0 aromatic heterocycles. The maximum absolute atomic E-state index is 11.7. The first-order valence-corrected chi connectivity index (χ1v) is 6.48. The number of carbonyl (C=O) groups excluding carboxylic acids is 3. The molecule has 7 nitrogen and oxygen atoms in total. The molecule has 0 radical (unpaired) electrons. The van der Waals surface area contributed by atoms with Gasteiger partial charge in [0.1, 0.15) is 11.3 Å². The quantitative estimate of drug-likeness (QED) is 0.705. The van der Waals surface area contributed by atoms with Crippen molar-refractivity contribution in [1.82, 2.24) is 10.6 Å². The Morgan fingerprint density at radius 2 is 2.00 bits per heavy atom. The Kier molecular flexibility index (Phi) is 6.19. The zero-order valence-electron chi connectivity index (χ0n) is 11.9. The summed E-state index contributed by atoms with van der Waals surface area (Å²) in [6, 6.07) is 3.81. The number of nitrogens with one attached hydrogen (secondary N) is 2. The number of benzene rings is 1. The third-order valence-corrected chi connectivity index (χ3v) is 2.49. The van der Waals surface area contributed by atoms with Crippen molar-refractivity contribution < 1.29 is 24.2 Å². The third kappa shape index (κ3) is 5.52. The van der Waals surface area contributed by atoms with Gasteiger partial charge in [-0.25, -0.2) is 9.59 Å². The van der Waals surface area contributed by atoms with Crippen molar-refractivity contribution in [2.75, 3.05) is 13.2 Å². The molecule has 0 spiro atoms. The Labute approximate surface area is 122 Å². The summed E-state index contributed by atoms with van der Waals surface area (Å²) >= 11 is 0. The third-order valence-electron chi connectivity index (χ3n) is 2.49. The molecule has 0 aliphatic heterocycles. The second-order valence-electron chi connectivity index (χ2n) is 4.40. The van der Waals surface area contributed by atoms with Gasteiger partial charge in [-0.3, -0.25) is 10.1 Å². The summed E-state index contributed by atoms with van der Waals surface area (Å²) in [4.78, 5) is 34.3. The molecule has 114 valence electrons. The lowest BCUT2D eigenvalue weighted by atomic mass is 10.1. The number of imide groups is 1. The first-order valence-electron chi connectivity index (χ1n) is 6.48. The molecule has 0 fully saturated rings. The van der Waals surface area contributed by atoms with E-state index in [-0.39, 0.29) is 11.3 Å². The topological polar surface area (TPSA) is 105 Å². The van der Waals surface area contributed by atoms with E-state index in [0.29, 0.717) is 6.54 Å². The van der Waals surface area contributed by atoms with E-state index in [1.807, 2.05) is 12.2 Å². The van der Waals surface area contributed by atoms with Crippen molar-refractivity contribution >= 4 is 17.9 Å². The molecule has 3 amide bonds. The molecule has 0 saturated heterocycles. The molecule has 0 bridgehead atoms. The van der Waals surface area contributed by atoms with Crippen LogP contribution in [0.25, 0.3) is 0 Å². The Bertz CT molecular complexity index is 542. The fraction of sp³-hybridized carbons (Fsp3) is 0.357. The molecule has 0 aliphatic rings. The highest BCUT2D eigenvalue weighted by molar-refractivity contribution is 5.97. The molecule has 1 aromatic rings. The number of aromatic hydroxyl groups is 1. The predicted molar refractivity (Wildman–Crippen MR) is 75.0 cm³/mol. The van der Waals surface area contributed by atoms with Gasteiger partial charge in [0.05, 0.1) is 0 Å². The van der Waals surface area contributed by atoms with Gasteiger partial charge in [0.15, 0.2) is 6.61 Å². The number of rotatable bonds is 5. The van der Waals surface area contributed by atoms with Crippen molar-refractivity contribution in [3.05, 3.63) is 29.3 Å². The molecule has 0 unspecified atom stereocenters. The van der Waals surface area contributed by atoms with Gasteiger partial charge in [-0.15, -0.1) is 0 Å². The second kappa shape index (κ2) is 7.88. The van der Waals surface area contributed by atoms with Crippen LogP contribution in [0.5, 0.6) is 5.75 Å². The average molecular weight is 294 g/mol. The minimum atomic E-state index is -0.833. The summed E-state index contributed by atoms with van der Waals surface area (Å²) in [5.74, 6) is -1.81. The van der Waals surface area contributed by atoms with E-state index < -0.39 is 24.5 Å². The molecule has 7 heteroatoms. The number of phenols is 1. The molecule has 0 saturated carbocycles. The fourth-order valence-corrected chi connectivity index (χ4v) is 1.47. The van der Waals surface area contributed by atoms with E-state index in [4.69, 9.17) is 4.74 Å². The molecule has 3 N–H and O–H groups in total. The van der Waals surface area contributed by atoms with Crippen LogP contribution in [-0.2, 0) is 9.53 Å². The SMILES string of the molecule is CCCNC(=O)NC(=O)COC(=O)c1cc(C)ccc1O. The number of urea groups is 1. The molecule has 0 atom stereocenters. The number of aryl methyl sites for hydroxylation is 1. The predicted octanol–water partition coefficient (Wildman–Crippen LogP) is 1.09. The number of amides is 3. The Balaban J connectivity index is 2.47. The fourth-order valence-electron chi connectivity index (χ4n) is 1.47.